The molecule has 0 unspecified atom stereocenters. The lowest BCUT2D eigenvalue weighted by Gasteiger charge is -2.05. The minimum Gasteiger partial charge on any atom is -0.481 e. The fourth-order valence-corrected chi connectivity index (χ4v) is 3.16. The first-order chi connectivity index (χ1) is 11.0. The number of fused-ring (bicyclic) bond motifs is 1. The highest BCUT2D eigenvalue weighted by Crippen LogP contribution is 2.44. The SMILES string of the molecule is CC1=C(CC(=O)O)c2cc(Cl)ccc2/C1=C\c1ccc(Cl)cc1. The summed E-state index contributed by atoms with van der Waals surface area (Å²) < 4.78 is 0. The molecule has 0 saturated carbocycles. The van der Waals surface area contributed by atoms with E-state index >= 15 is 0 Å². The van der Waals surface area contributed by atoms with Gasteiger partial charge in [0, 0.05) is 10.0 Å². The third kappa shape index (κ3) is 3.19. The molecule has 0 heterocycles. The largest absolute Gasteiger partial charge is 0.481 e. The summed E-state index contributed by atoms with van der Waals surface area (Å²) in [4.78, 5) is 11.2. The molecule has 4 heteroatoms. The smallest absolute Gasteiger partial charge is 0.307 e. The van der Waals surface area contributed by atoms with Crippen molar-refractivity contribution in [1.82, 2.24) is 0 Å². The molecule has 0 aromatic heterocycles. The van der Waals surface area contributed by atoms with E-state index in [4.69, 9.17) is 23.2 Å². The fourth-order valence-electron chi connectivity index (χ4n) is 2.86. The first-order valence-electron chi connectivity index (χ1n) is 7.15. The molecule has 1 aliphatic rings. The number of hydrogen-bond acceptors (Lipinski definition) is 1. The lowest BCUT2D eigenvalue weighted by Crippen LogP contribution is -1.96. The second kappa shape index (κ2) is 6.23. The van der Waals surface area contributed by atoms with Crippen molar-refractivity contribution in [2.45, 2.75) is 13.3 Å². The molecule has 0 amide bonds. The zero-order valence-corrected chi connectivity index (χ0v) is 13.9. The van der Waals surface area contributed by atoms with Gasteiger partial charge in [0.1, 0.15) is 0 Å². The van der Waals surface area contributed by atoms with Gasteiger partial charge in [-0.15, -0.1) is 0 Å². The van der Waals surface area contributed by atoms with Crippen LogP contribution >= 0.6 is 23.2 Å². The summed E-state index contributed by atoms with van der Waals surface area (Å²) in [6, 6.07) is 13.2. The molecule has 116 valence electrons. The molecule has 0 bridgehead atoms. The van der Waals surface area contributed by atoms with Gasteiger partial charge >= 0.3 is 5.97 Å². The van der Waals surface area contributed by atoms with Crippen LogP contribution in [-0.4, -0.2) is 11.1 Å². The van der Waals surface area contributed by atoms with Crippen LogP contribution in [0, 0.1) is 0 Å². The number of carboxylic acid groups (broad SMARTS) is 1. The van der Waals surface area contributed by atoms with Gasteiger partial charge in [-0.1, -0.05) is 41.4 Å². The first-order valence-corrected chi connectivity index (χ1v) is 7.91. The molecule has 1 N–H and O–H groups in total. The van der Waals surface area contributed by atoms with Crippen molar-refractivity contribution in [2.24, 2.45) is 0 Å². The van der Waals surface area contributed by atoms with E-state index < -0.39 is 5.97 Å². The maximum atomic E-state index is 11.2. The number of hydrogen-bond donors (Lipinski definition) is 1. The zero-order chi connectivity index (χ0) is 16.6. The summed E-state index contributed by atoms with van der Waals surface area (Å²) in [5.74, 6) is -0.849. The molecule has 0 radical (unpaired) electrons. The number of aliphatic carboxylic acids is 1. The van der Waals surface area contributed by atoms with Gasteiger partial charge in [-0.2, -0.15) is 0 Å². The Labute approximate surface area is 144 Å². The molecule has 23 heavy (non-hydrogen) atoms. The first kappa shape index (κ1) is 15.9. The van der Waals surface area contributed by atoms with Crippen molar-refractivity contribution in [3.8, 4) is 0 Å². The Kier molecular flexibility index (Phi) is 4.29. The maximum Gasteiger partial charge on any atom is 0.307 e. The van der Waals surface area contributed by atoms with Gasteiger partial charge < -0.3 is 5.11 Å². The number of carboxylic acids is 1. The van der Waals surface area contributed by atoms with Gasteiger partial charge in [0.15, 0.2) is 0 Å². The fraction of sp³-hybridized carbons (Fsp3) is 0.105. The zero-order valence-electron chi connectivity index (χ0n) is 12.4. The highest BCUT2D eigenvalue weighted by atomic mass is 35.5. The van der Waals surface area contributed by atoms with Crippen LogP contribution in [0.1, 0.15) is 30.0 Å². The Hall–Kier alpha value is -2.03. The summed E-state index contributed by atoms with van der Waals surface area (Å²) in [5, 5.41) is 10.5. The molecule has 0 atom stereocenters. The highest BCUT2D eigenvalue weighted by molar-refractivity contribution is 6.31. The minimum absolute atomic E-state index is 0.0167. The third-order valence-corrected chi connectivity index (χ3v) is 4.45. The molecular weight excluding hydrogens is 331 g/mol. The molecular formula is C19H14Cl2O2. The molecule has 2 aromatic rings. The number of rotatable bonds is 3. The second-order valence-electron chi connectivity index (χ2n) is 5.47. The molecule has 2 aromatic carbocycles. The summed E-state index contributed by atoms with van der Waals surface area (Å²) in [5.41, 5.74) is 5.74. The van der Waals surface area contributed by atoms with Crippen LogP contribution in [-0.2, 0) is 4.79 Å². The van der Waals surface area contributed by atoms with E-state index in [1.54, 1.807) is 0 Å². The van der Waals surface area contributed by atoms with Crippen LogP contribution in [0.15, 0.2) is 48.0 Å². The van der Waals surface area contributed by atoms with E-state index in [1.165, 1.54) is 0 Å². The highest BCUT2D eigenvalue weighted by Gasteiger charge is 2.25. The van der Waals surface area contributed by atoms with Crippen molar-refractivity contribution in [1.29, 1.82) is 0 Å². The van der Waals surface area contributed by atoms with Gasteiger partial charge in [-0.05, 0) is 70.7 Å². The Morgan fingerprint density at radius 3 is 2.35 bits per heavy atom. The van der Waals surface area contributed by atoms with E-state index in [0.29, 0.717) is 10.0 Å². The predicted molar refractivity (Wildman–Crippen MR) is 95.6 cm³/mol. The van der Waals surface area contributed by atoms with E-state index in [-0.39, 0.29) is 6.42 Å². The van der Waals surface area contributed by atoms with Crippen LogP contribution in [0.2, 0.25) is 10.0 Å². The van der Waals surface area contributed by atoms with Crippen LogP contribution in [0.4, 0.5) is 0 Å². The Morgan fingerprint density at radius 1 is 1.04 bits per heavy atom. The van der Waals surface area contributed by atoms with Crippen LogP contribution in [0.25, 0.3) is 17.2 Å². The molecule has 3 rings (SSSR count). The Morgan fingerprint density at radius 2 is 1.70 bits per heavy atom. The Bertz CT molecular complexity index is 846. The van der Waals surface area contributed by atoms with E-state index in [1.807, 2.05) is 55.5 Å². The van der Waals surface area contributed by atoms with Gasteiger partial charge in [0.05, 0.1) is 6.42 Å². The average Bonchev–Trinajstić information content (AvgIpc) is 2.74. The van der Waals surface area contributed by atoms with Crippen molar-refractivity contribution >= 4 is 46.4 Å². The molecule has 0 aliphatic heterocycles. The summed E-state index contributed by atoms with van der Waals surface area (Å²) in [6.45, 7) is 1.95. The average molecular weight is 345 g/mol. The van der Waals surface area contributed by atoms with Crippen LogP contribution in [0.5, 0.6) is 0 Å². The summed E-state index contributed by atoms with van der Waals surface area (Å²) in [6.07, 6.45) is 2.03. The summed E-state index contributed by atoms with van der Waals surface area (Å²) >= 11 is 12.0. The lowest BCUT2D eigenvalue weighted by atomic mass is 10.0. The van der Waals surface area contributed by atoms with E-state index in [0.717, 1.165) is 33.4 Å². The van der Waals surface area contributed by atoms with Gasteiger partial charge in [0.2, 0.25) is 0 Å². The summed E-state index contributed by atoms with van der Waals surface area (Å²) in [7, 11) is 0. The van der Waals surface area contributed by atoms with Crippen LogP contribution < -0.4 is 0 Å². The normalized spacial score (nSPS) is 15.2. The monoisotopic (exact) mass is 344 g/mol. The van der Waals surface area contributed by atoms with E-state index in [9.17, 15) is 9.90 Å². The topological polar surface area (TPSA) is 37.3 Å². The van der Waals surface area contributed by atoms with Gasteiger partial charge in [-0.3, -0.25) is 4.79 Å². The second-order valence-corrected chi connectivity index (χ2v) is 6.35. The quantitative estimate of drug-likeness (QED) is 0.764. The van der Waals surface area contributed by atoms with Crippen molar-refractivity contribution in [3.05, 3.63) is 74.8 Å². The van der Waals surface area contributed by atoms with Gasteiger partial charge in [-0.25, -0.2) is 0 Å². The molecule has 0 saturated heterocycles. The molecule has 0 spiro atoms. The van der Waals surface area contributed by atoms with E-state index in [2.05, 4.69) is 0 Å². The number of halogens is 2. The number of allylic oxidation sites excluding steroid dienone is 2. The predicted octanol–water partition coefficient (Wildman–Crippen LogP) is 5.80. The standard InChI is InChI=1S/C19H14Cl2O2/c1-11-16(8-12-2-4-13(20)5-3-12)15-7-6-14(21)9-18(15)17(11)10-19(22)23/h2-9H,10H2,1H3,(H,22,23)/b16-8-. The molecule has 2 nitrogen and oxygen atoms in total. The van der Waals surface area contributed by atoms with Crippen molar-refractivity contribution < 1.29 is 9.90 Å². The minimum atomic E-state index is -0.849. The third-order valence-electron chi connectivity index (χ3n) is 3.96. The molecule has 1 aliphatic carbocycles. The van der Waals surface area contributed by atoms with Crippen molar-refractivity contribution in [2.75, 3.05) is 0 Å². The van der Waals surface area contributed by atoms with Gasteiger partial charge in [0.25, 0.3) is 0 Å². The van der Waals surface area contributed by atoms with Crippen molar-refractivity contribution in [3.63, 3.8) is 0 Å². The lowest BCUT2D eigenvalue weighted by molar-refractivity contribution is -0.135. The maximum absolute atomic E-state index is 11.2. The van der Waals surface area contributed by atoms with Crippen LogP contribution in [0.3, 0.4) is 0 Å². The number of benzene rings is 2. The Balaban J connectivity index is 2.15. The number of carbonyl (C=O) groups is 1. The molecule has 0 fully saturated rings.